The van der Waals surface area contributed by atoms with Crippen LogP contribution in [0.5, 0.6) is 0 Å². The zero-order valence-corrected chi connectivity index (χ0v) is 20.4. The molecule has 36 heavy (non-hydrogen) atoms. The summed E-state index contributed by atoms with van der Waals surface area (Å²) in [5.74, 6) is 1.67. The first-order chi connectivity index (χ1) is 17.8. The van der Waals surface area contributed by atoms with Crippen LogP contribution in [0.3, 0.4) is 0 Å². The maximum absolute atomic E-state index is 13.7. The van der Waals surface area contributed by atoms with Crippen LogP contribution in [0.25, 0.3) is 22.2 Å². The lowest BCUT2D eigenvalue weighted by atomic mass is 9.86. The minimum Gasteiger partial charge on any atom is -0.384 e. The third kappa shape index (κ3) is 3.87. The molecule has 8 nitrogen and oxygen atoms in total. The average Bonchev–Trinajstić information content (AvgIpc) is 3.38. The molecule has 0 radical (unpaired) electrons. The van der Waals surface area contributed by atoms with E-state index >= 15 is 0 Å². The van der Waals surface area contributed by atoms with Gasteiger partial charge in [0.1, 0.15) is 11.3 Å². The maximum atomic E-state index is 13.7. The molecule has 0 saturated carbocycles. The van der Waals surface area contributed by atoms with Gasteiger partial charge >= 0.3 is 0 Å². The minimum atomic E-state index is 0.00475. The van der Waals surface area contributed by atoms with Gasteiger partial charge in [-0.15, -0.1) is 0 Å². The Hall–Kier alpha value is -3.91. The van der Waals surface area contributed by atoms with Gasteiger partial charge in [0.2, 0.25) is 0 Å². The van der Waals surface area contributed by atoms with E-state index < -0.39 is 0 Å². The average molecular weight is 484 g/mol. The molecule has 4 aromatic rings. The number of nitrogens with zero attached hydrogens (tertiary/aromatic N) is 4. The second-order valence-electron chi connectivity index (χ2n) is 9.07. The van der Waals surface area contributed by atoms with Gasteiger partial charge in [0.25, 0.3) is 0 Å². The number of hydrogen-bond donors (Lipinski definition) is 1. The molecular weight excluding hydrogens is 454 g/mol. The van der Waals surface area contributed by atoms with Gasteiger partial charge in [-0.2, -0.15) is 0 Å². The molecule has 1 aliphatic carbocycles. The van der Waals surface area contributed by atoms with Gasteiger partial charge in [0.05, 0.1) is 16.6 Å². The number of aromatic nitrogens is 2. The fourth-order valence-electron chi connectivity index (χ4n) is 5.18. The summed E-state index contributed by atoms with van der Waals surface area (Å²) >= 11 is 0. The molecule has 184 valence electrons. The Kier molecular flexibility index (Phi) is 6.03. The first kappa shape index (κ1) is 22.5. The topological polar surface area (TPSA) is 83.7 Å². The number of hydrogen-bond acceptors (Lipinski definition) is 8. The van der Waals surface area contributed by atoms with Crippen molar-refractivity contribution in [3.63, 3.8) is 0 Å². The van der Waals surface area contributed by atoms with Crippen LogP contribution >= 0.6 is 0 Å². The zero-order valence-electron chi connectivity index (χ0n) is 20.4. The predicted molar refractivity (Wildman–Crippen MR) is 141 cm³/mol. The summed E-state index contributed by atoms with van der Waals surface area (Å²) in [5, 5.41) is 8.82. The summed E-state index contributed by atoms with van der Waals surface area (Å²) in [5.41, 5.74) is 4.66. The van der Waals surface area contributed by atoms with Crippen molar-refractivity contribution in [2.45, 2.75) is 13.3 Å². The zero-order chi connectivity index (χ0) is 24.5. The molecule has 2 aliphatic rings. The van der Waals surface area contributed by atoms with E-state index in [1.54, 1.807) is 0 Å². The number of rotatable bonds is 8. The first-order valence-corrected chi connectivity index (χ1v) is 12.6. The number of pyridine rings is 1. The Morgan fingerprint density at radius 2 is 1.81 bits per heavy atom. The lowest BCUT2D eigenvalue weighted by molar-refractivity contribution is 0.104. The van der Waals surface area contributed by atoms with Crippen LogP contribution in [0.2, 0.25) is 0 Å². The molecule has 0 unspecified atom stereocenters. The normalized spacial score (nSPS) is 14.9. The van der Waals surface area contributed by atoms with Crippen molar-refractivity contribution < 1.29 is 14.1 Å². The highest BCUT2D eigenvalue weighted by Gasteiger charge is 2.34. The van der Waals surface area contributed by atoms with Gasteiger partial charge in [-0.3, -0.25) is 4.79 Å². The van der Waals surface area contributed by atoms with E-state index in [1.165, 1.54) is 0 Å². The minimum absolute atomic E-state index is 0.00475. The summed E-state index contributed by atoms with van der Waals surface area (Å²) in [4.78, 5) is 22.8. The fourth-order valence-corrected chi connectivity index (χ4v) is 5.18. The number of carbonyl (C=O) groups is 1. The van der Waals surface area contributed by atoms with Crippen LogP contribution in [0.1, 0.15) is 29.3 Å². The van der Waals surface area contributed by atoms with Crippen molar-refractivity contribution >= 4 is 33.9 Å². The lowest BCUT2D eigenvalue weighted by Gasteiger charge is -2.37. The molecule has 0 spiro atoms. The maximum Gasteiger partial charge on any atom is 0.196 e. The van der Waals surface area contributed by atoms with Gasteiger partial charge in [-0.05, 0) is 31.5 Å². The Labute approximate surface area is 209 Å². The molecule has 2 aromatic heterocycles. The highest BCUT2D eigenvalue weighted by molar-refractivity contribution is 6.28. The van der Waals surface area contributed by atoms with Crippen molar-refractivity contribution in [1.82, 2.24) is 10.1 Å². The van der Waals surface area contributed by atoms with Gasteiger partial charge in [-0.25, -0.2) is 4.98 Å². The second kappa shape index (κ2) is 9.62. The SMILES string of the molecule is CCOCCCNc1cc(N2CCN(c3ccccn3)CC2)c2noc3c2c1C(=O)c1ccccc1-3. The van der Waals surface area contributed by atoms with E-state index in [0.717, 1.165) is 66.3 Å². The Morgan fingerprint density at radius 1 is 1.03 bits per heavy atom. The molecule has 6 rings (SSSR count). The smallest absolute Gasteiger partial charge is 0.196 e. The Morgan fingerprint density at radius 3 is 2.58 bits per heavy atom. The molecule has 0 atom stereocenters. The van der Waals surface area contributed by atoms with Crippen molar-refractivity contribution in [3.8, 4) is 11.3 Å². The van der Waals surface area contributed by atoms with Gasteiger partial charge in [-0.1, -0.05) is 35.5 Å². The van der Waals surface area contributed by atoms with Gasteiger partial charge in [0, 0.05) is 68.9 Å². The number of fused-ring (bicyclic) bond motifs is 2. The molecule has 1 N–H and O–H groups in total. The number of ether oxygens (including phenoxy) is 1. The van der Waals surface area contributed by atoms with Crippen LogP contribution in [-0.2, 0) is 4.74 Å². The standard InChI is InChI=1S/C28H29N5O3/c1-2-35-17-7-12-29-21-18-22(32-13-15-33(16-14-32)23-10-5-6-11-30-23)26-25-24(21)27(34)19-8-3-4-9-20(19)28(25)36-31-26/h3-6,8-11,18,29H,2,7,12-17H2,1H3. The highest BCUT2D eigenvalue weighted by atomic mass is 16.5. The molecule has 3 heterocycles. The predicted octanol–water partition coefficient (Wildman–Crippen LogP) is 4.60. The fraction of sp³-hybridized carbons (Fsp3) is 0.321. The summed E-state index contributed by atoms with van der Waals surface area (Å²) in [6.45, 7) is 7.43. The Bertz CT molecular complexity index is 1390. The number of anilines is 3. The van der Waals surface area contributed by atoms with Crippen LogP contribution in [0.15, 0.2) is 59.3 Å². The molecule has 0 amide bonds. The van der Waals surface area contributed by atoms with Gasteiger partial charge in [0.15, 0.2) is 11.5 Å². The van der Waals surface area contributed by atoms with Crippen LogP contribution < -0.4 is 15.1 Å². The van der Waals surface area contributed by atoms with E-state index in [1.807, 2.05) is 55.6 Å². The van der Waals surface area contributed by atoms with Crippen molar-refractivity contribution in [2.24, 2.45) is 0 Å². The molecule has 1 aliphatic heterocycles. The number of piperazine rings is 1. The lowest BCUT2D eigenvalue weighted by Crippen LogP contribution is -2.47. The quantitative estimate of drug-likeness (QED) is 0.321. The van der Waals surface area contributed by atoms with E-state index in [0.29, 0.717) is 36.6 Å². The van der Waals surface area contributed by atoms with Crippen LogP contribution in [-0.4, -0.2) is 61.9 Å². The number of nitrogens with one attached hydrogen (secondary N) is 1. The van der Waals surface area contributed by atoms with Crippen molar-refractivity contribution in [2.75, 3.05) is 61.1 Å². The van der Waals surface area contributed by atoms with Crippen LogP contribution in [0.4, 0.5) is 17.2 Å². The van der Waals surface area contributed by atoms with E-state index in [-0.39, 0.29) is 5.78 Å². The van der Waals surface area contributed by atoms with Crippen molar-refractivity contribution in [1.29, 1.82) is 0 Å². The molecule has 2 aromatic carbocycles. The monoisotopic (exact) mass is 483 g/mol. The van der Waals surface area contributed by atoms with E-state index in [4.69, 9.17) is 9.26 Å². The largest absolute Gasteiger partial charge is 0.384 e. The second-order valence-corrected chi connectivity index (χ2v) is 9.07. The molecular formula is C28H29N5O3. The summed E-state index contributed by atoms with van der Waals surface area (Å²) in [6.07, 6.45) is 2.68. The molecule has 1 saturated heterocycles. The first-order valence-electron chi connectivity index (χ1n) is 12.6. The molecule has 0 bridgehead atoms. The summed E-state index contributed by atoms with van der Waals surface area (Å²) in [7, 11) is 0. The van der Waals surface area contributed by atoms with Crippen LogP contribution in [0, 0.1) is 0 Å². The van der Waals surface area contributed by atoms with E-state index in [9.17, 15) is 4.79 Å². The number of benzene rings is 2. The molecule has 1 fully saturated rings. The third-order valence-electron chi connectivity index (χ3n) is 6.96. The van der Waals surface area contributed by atoms with E-state index in [2.05, 4.69) is 31.3 Å². The van der Waals surface area contributed by atoms with Crippen molar-refractivity contribution in [3.05, 3.63) is 65.9 Å². The Balaban J connectivity index is 1.37. The summed E-state index contributed by atoms with van der Waals surface area (Å²) < 4.78 is 11.4. The third-order valence-corrected chi connectivity index (χ3v) is 6.96. The number of carbonyl (C=O) groups excluding carboxylic acids is 1. The van der Waals surface area contributed by atoms with Gasteiger partial charge < -0.3 is 24.4 Å². The summed E-state index contributed by atoms with van der Waals surface area (Å²) in [6, 6.07) is 15.7. The molecule has 8 heteroatoms. The highest BCUT2D eigenvalue weighted by Crippen LogP contribution is 2.45. The number of ketones is 1.